The fourth-order valence-electron chi connectivity index (χ4n) is 2.54. The van der Waals surface area contributed by atoms with E-state index in [1.165, 1.54) is 11.3 Å². The molecule has 2 N–H and O–H groups in total. The van der Waals surface area contributed by atoms with Crippen molar-refractivity contribution in [2.75, 3.05) is 0 Å². The summed E-state index contributed by atoms with van der Waals surface area (Å²) in [5, 5.41) is 7.25. The Morgan fingerprint density at radius 2 is 2.08 bits per heavy atom. The minimum atomic E-state index is -0.252. The number of nitrogens with zero attached hydrogens (tertiary/aromatic N) is 1. The van der Waals surface area contributed by atoms with Gasteiger partial charge >= 0.3 is 0 Å². The van der Waals surface area contributed by atoms with Gasteiger partial charge in [-0.2, -0.15) is 0 Å². The monoisotopic (exact) mass is 391 g/mol. The van der Waals surface area contributed by atoms with Crippen LogP contribution in [0, 0.1) is 0 Å². The predicted octanol–water partition coefficient (Wildman–Crippen LogP) is 5.12. The Kier molecular flexibility index (Phi) is 4.25. The van der Waals surface area contributed by atoms with Crippen molar-refractivity contribution in [2.45, 2.75) is 6.54 Å². The van der Waals surface area contributed by atoms with Gasteiger partial charge in [0, 0.05) is 5.56 Å². The Morgan fingerprint density at radius 1 is 1.28 bits per heavy atom. The molecule has 4 aromatic rings. The second-order valence-electron chi connectivity index (χ2n) is 5.34. The van der Waals surface area contributed by atoms with Gasteiger partial charge in [-0.1, -0.05) is 58.7 Å². The molecule has 0 saturated heterocycles. The summed E-state index contributed by atoms with van der Waals surface area (Å²) in [6.07, 6.45) is 1.57. The highest BCUT2D eigenvalue weighted by Crippen LogP contribution is 2.38. The molecule has 0 aliphatic heterocycles. The summed E-state index contributed by atoms with van der Waals surface area (Å²) < 4.78 is 6.41. The molecule has 0 aliphatic rings. The second-order valence-corrected chi connectivity index (χ2v) is 7.37. The average molecular weight is 392 g/mol. The molecule has 0 spiro atoms. The zero-order valence-electron chi connectivity index (χ0n) is 12.7. The van der Waals surface area contributed by atoms with Crippen LogP contribution in [0.3, 0.4) is 0 Å². The molecule has 1 amide bonds. The number of amides is 1. The molecule has 8 heteroatoms. The molecule has 0 radical (unpaired) electrons. The molecule has 3 heterocycles. The van der Waals surface area contributed by atoms with Crippen LogP contribution in [0.2, 0.25) is 9.36 Å². The van der Waals surface area contributed by atoms with Gasteiger partial charge in [-0.05, 0) is 11.6 Å². The highest BCUT2D eigenvalue weighted by molar-refractivity contribution is 7.23. The Bertz CT molecular complexity index is 1050. The van der Waals surface area contributed by atoms with E-state index in [9.17, 15) is 4.79 Å². The average Bonchev–Trinajstić information content (AvgIpc) is 3.31. The van der Waals surface area contributed by atoms with Crippen molar-refractivity contribution in [3.63, 3.8) is 0 Å². The smallest absolute Gasteiger partial charge is 0.268 e. The third-order valence-electron chi connectivity index (χ3n) is 3.76. The van der Waals surface area contributed by atoms with Crippen LogP contribution in [0.15, 0.2) is 47.2 Å². The van der Waals surface area contributed by atoms with Gasteiger partial charge in [0.05, 0.1) is 21.8 Å². The molecule has 3 aromatic heterocycles. The van der Waals surface area contributed by atoms with E-state index in [1.54, 1.807) is 12.3 Å². The fourth-order valence-corrected chi connectivity index (χ4v) is 4.02. The zero-order chi connectivity index (χ0) is 17.4. The number of halogens is 2. The van der Waals surface area contributed by atoms with Gasteiger partial charge < -0.3 is 14.8 Å². The third-order valence-corrected chi connectivity index (χ3v) is 5.70. The first-order valence-corrected chi connectivity index (χ1v) is 8.94. The van der Waals surface area contributed by atoms with Crippen LogP contribution in [0.1, 0.15) is 16.2 Å². The lowest BCUT2D eigenvalue weighted by Crippen LogP contribution is -2.23. The van der Waals surface area contributed by atoms with Crippen molar-refractivity contribution < 1.29 is 9.32 Å². The molecule has 0 unspecified atom stereocenters. The summed E-state index contributed by atoms with van der Waals surface area (Å²) in [7, 11) is 0. The van der Waals surface area contributed by atoms with Crippen molar-refractivity contribution in [3.05, 3.63) is 63.4 Å². The number of carbonyl (C=O) groups is 1. The molecule has 0 bridgehead atoms. The van der Waals surface area contributed by atoms with Gasteiger partial charge in [0.15, 0.2) is 0 Å². The van der Waals surface area contributed by atoms with Crippen LogP contribution in [-0.4, -0.2) is 16.0 Å². The lowest BCUT2D eigenvalue weighted by molar-refractivity contribution is 0.0946. The van der Waals surface area contributed by atoms with Crippen molar-refractivity contribution >= 4 is 50.7 Å². The number of H-pyrrole nitrogens is 1. The van der Waals surface area contributed by atoms with Gasteiger partial charge in [-0.15, -0.1) is 11.3 Å². The van der Waals surface area contributed by atoms with E-state index >= 15 is 0 Å². The van der Waals surface area contributed by atoms with E-state index in [0.29, 0.717) is 26.3 Å². The number of rotatable bonds is 4. The largest absolute Gasteiger partial charge is 0.364 e. The maximum atomic E-state index is 12.4. The number of hydrogen-bond donors (Lipinski definition) is 2. The summed E-state index contributed by atoms with van der Waals surface area (Å²) in [6.45, 7) is 0.251. The SMILES string of the molecule is O=C(NCc1nocc1-c1ccccc1)c1cc2sc(Cl)c(Cl)c2[nH]1. The topological polar surface area (TPSA) is 70.9 Å². The van der Waals surface area contributed by atoms with E-state index in [4.69, 9.17) is 27.7 Å². The maximum Gasteiger partial charge on any atom is 0.268 e. The molecule has 5 nitrogen and oxygen atoms in total. The summed E-state index contributed by atoms with van der Waals surface area (Å²) >= 11 is 13.4. The fraction of sp³-hybridized carbons (Fsp3) is 0.0588. The molecular weight excluding hydrogens is 381 g/mol. The summed E-state index contributed by atoms with van der Waals surface area (Å²) in [4.78, 5) is 15.4. The Morgan fingerprint density at radius 3 is 2.84 bits per heavy atom. The van der Waals surface area contributed by atoms with Gasteiger partial charge in [-0.25, -0.2) is 0 Å². The van der Waals surface area contributed by atoms with Crippen LogP contribution in [-0.2, 0) is 6.54 Å². The predicted molar refractivity (Wildman–Crippen MR) is 99.3 cm³/mol. The molecule has 1 aromatic carbocycles. The number of fused-ring (bicyclic) bond motifs is 1. The number of carbonyl (C=O) groups excluding carboxylic acids is 1. The van der Waals surface area contributed by atoms with Crippen molar-refractivity contribution in [1.82, 2.24) is 15.5 Å². The highest BCUT2D eigenvalue weighted by Gasteiger charge is 2.17. The minimum absolute atomic E-state index is 0.251. The molecule has 0 fully saturated rings. The summed E-state index contributed by atoms with van der Waals surface area (Å²) in [5.41, 5.74) is 3.59. The standard InChI is InChI=1S/C17H11Cl2N3O2S/c18-14-15-13(25-16(14)19)6-11(21-15)17(23)20-7-12-10(8-24-22-12)9-4-2-1-3-5-9/h1-6,8,21H,7H2,(H,20,23). The number of aromatic amines is 1. The van der Waals surface area contributed by atoms with Crippen LogP contribution in [0.25, 0.3) is 21.3 Å². The van der Waals surface area contributed by atoms with Crippen molar-refractivity contribution in [1.29, 1.82) is 0 Å². The molecule has 0 saturated carbocycles. The number of benzene rings is 1. The summed E-state index contributed by atoms with van der Waals surface area (Å²) in [5.74, 6) is -0.252. The summed E-state index contributed by atoms with van der Waals surface area (Å²) in [6, 6.07) is 11.5. The van der Waals surface area contributed by atoms with E-state index in [2.05, 4.69) is 15.5 Å². The Labute approximate surface area is 156 Å². The van der Waals surface area contributed by atoms with E-state index in [-0.39, 0.29) is 12.5 Å². The number of nitrogens with one attached hydrogen (secondary N) is 2. The van der Waals surface area contributed by atoms with Crippen molar-refractivity contribution in [3.8, 4) is 11.1 Å². The number of thiophene rings is 1. The molecule has 0 aliphatic carbocycles. The highest BCUT2D eigenvalue weighted by atomic mass is 35.5. The Hall–Kier alpha value is -2.28. The maximum absolute atomic E-state index is 12.4. The van der Waals surface area contributed by atoms with Crippen LogP contribution < -0.4 is 5.32 Å². The normalized spacial score (nSPS) is 11.1. The molecule has 126 valence electrons. The zero-order valence-corrected chi connectivity index (χ0v) is 15.0. The first kappa shape index (κ1) is 16.2. The molecule has 25 heavy (non-hydrogen) atoms. The number of aromatic nitrogens is 2. The van der Waals surface area contributed by atoms with Gasteiger partial charge in [-0.3, -0.25) is 4.79 Å². The lowest BCUT2D eigenvalue weighted by Gasteiger charge is -2.03. The minimum Gasteiger partial charge on any atom is -0.364 e. The third kappa shape index (κ3) is 3.04. The molecule has 0 atom stereocenters. The number of hydrogen-bond acceptors (Lipinski definition) is 4. The van der Waals surface area contributed by atoms with Crippen molar-refractivity contribution in [2.24, 2.45) is 0 Å². The molecule has 4 rings (SSSR count). The first-order valence-electron chi connectivity index (χ1n) is 7.37. The Balaban J connectivity index is 1.51. The quantitative estimate of drug-likeness (QED) is 0.506. The second kappa shape index (κ2) is 6.55. The van der Waals surface area contributed by atoms with E-state index in [0.717, 1.165) is 15.8 Å². The van der Waals surface area contributed by atoms with Gasteiger partial charge in [0.1, 0.15) is 22.0 Å². The van der Waals surface area contributed by atoms with Crippen LogP contribution >= 0.6 is 34.5 Å². The van der Waals surface area contributed by atoms with E-state index < -0.39 is 0 Å². The van der Waals surface area contributed by atoms with Gasteiger partial charge in [0.25, 0.3) is 5.91 Å². The van der Waals surface area contributed by atoms with E-state index in [1.807, 2.05) is 30.3 Å². The molecular formula is C17H11Cl2N3O2S. The van der Waals surface area contributed by atoms with Crippen LogP contribution in [0.4, 0.5) is 0 Å². The van der Waals surface area contributed by atoms with Crippen LogP contribution in [0.5, 0.6) is 0 Å². The first-order chi connectivity index (χ1) is 12.1. The lowest BCUT2D eigenvalue weighted by atomic mass is 10.1. The van der Waals surface area contributed by atoms with Gasteiger partial charge in [0.2, 0.25) is 0 Å².